The topological polar surface area (TPSA) is 110 Å². The summed E-state index contributed by atoms with van der Waals surface area (Å²) in [5, 5.41) is 10.9. The molecule has 0 spiro atoms. The van der Waals surface area contributed by atoms with E-state index in [0.717, 1.165) is 44.3 Å². The van der Waals surface area contributed by atoms with Crippen molar-refractivity contribution >= 4 is 34.4 Å². The van der Waals surface area contributed by atoms with Crippen LogP contribution in [0.4, 0.5) is 4.79 Å². The maximum atomic E-state index is 13.3. The van der Waals surface area contributed by atoms with Crippen molar-refractivity contribution in [2.75, 3.05) is 6.54 Å². The predicted octanol–water partition coefficient (Wildman–Crippen LogP) is 5.10. The summed E-state index contributed by atoms with van der Waals surface area (Å²) in [6.07, 6.45) is 2.78. The van der Waals surface area contributed by atoms with Gasteiger partial charge in [0.15, 0.2) is 0 Å². The van der Waals surface area contributed by atoms with Crippen LogP contribution in [0.1, 0.15) is 27.4 Å². The first-order valence-corrected chi connectivity index (χ1v) is 13.4. The lowest BCUT2D eigenvalue weighted by Crippen LogP contribution is -2.37. The largest absolute Gasteiger partial charge is 0.512 e. The molecule has 0 saturated carbocycles. The number of carboxylic acid groups (broad SMARTS) is 1. The van der Waals surface area contributed by atoms with Crippen molar-refractivity contribution in [1.29, 1.82) is 0 Å². The highest BCUT2D eigenvalue weighted by atomic mass is 32.1. The minimum atomic E-state index is -1.43. The molecule has 6 rings (SSSR count). The number of aryl methyl sites for hydroxylation is 1. The van der Waals surface area contributed by atoms with E-state index in [1.165, 1.54) is 17.8 Å². The molecule has 1 N–H and O–H groups in total. The number of ether oxygens (including phenoxy) is 1. The Balaban J connectivity index is 1.27. The summed E-state index contributed by atoms with van der Waals surface area (Å²) in [7, 11) is 0. The monoisotopic (exact) mass is 539 g/mol. The van der Waals surface area contributed by atoms with Crippen molar-refractivity contribution in [3.8, 4) is 16.5 Å². The third kappa shape index (κ3) is 4.98. The number of nitrogens with zero attached hydrogens (tertiary/aromatic N) is 5. The van der Waals surface area contributed by atoms with Crippen LogP contribution in [0.25, 0.3) is 21.6 Å². The summed E-state index contributed by atoms with van der Waals surface area (Å²) >= 11 is 1.69. The number of benzene rings is 1. The Kier molecular flexibility index (Phi) is 6.54. The van der Waals surface area contributed by atoms with Crippen molar-refractivity contribution in [2.45, 2.75) is 32.9 Å². The van der Waals surface area contributed by atoms with Gasteiger partial charge in [0.2, 0.25) is 11.8 Å². The Hall–Kier alpha value is -4.57. The van der Waals surface area contributed by atoms with E-state index in [-0.39, 0.29) is 18.2 Å². The second-order valence-electron chi connectivity index (χ2n) is 9.39. The van der Waals surface area contributed by atoms with Crippen molar-refractivity contribution in [3.05, 3.63) is 94.4 Å². The Morgan fingerprint density at radius 3 is 2.69 bits per heavy atom. The van der Waals surface area contributed by atoms with Crippen LogP contribution < -0.4 is 4.74 Å². The molecular weight excluding hydrogens is 514 g/mol. The number of rotatable bonds is 6. The maximum Gasteiger partial charge on any atom is 0.512 e. The molecule has 4 aromatic heterocycles. The zero-order chi connectivity index (χ0) is 26.9. The Labute approximate surface area is 228 Å². The molecule has 1 amide bonds. The molecule has 1 aromatic carbocycles. The van der Waals surface area contributed by atoms with E-state index in [0.29, 0.717) is 25.2 Å². The highest BCUT2D eigenvalue weighted by Gasteiger charge is 2.28. The standard InChI is InChI=1S/C29H25N5O4S/c1-18-24(39-28(32-18)20-6-3-2-4-7-20)17-34-23-16-33(13-11-21(23)22-8-5-12-30-27(22)34)26(35)14-19-9-10-25(31-15-19)38-29(36)37/h2-10,12,15H,11,13-14,16-17H2,1H3,(H,36,37). The van der Waals surface area contributed by atoms with Gasteiger partial charge in [0, 0.05) is 46.5 Å². The van der Waals surface area contributed by atoms with Gasteiger partial charge in [-0.3, -0.25) is 4.79 Å². The van der Waals surface area contributed by atoms with E-state index >= 15 is 0 Å². The molecule has 0 aliphatic carbocycles. The zero-order valence-corrected chi connectivity index (χ0v) is 22.0. The van der Waals surface area contributed by atoms with Crippen LogP contribution in [0.5, 0.6) is 5.88 Å². The number of carbonyl (C=O) groups excluding carboxylic acids is 1. The quantitative estimate of drug-likeness (QED) is 0.299. The van der Waals surface area contributed by atoms with E-state index in [2.05, 4.69) is 32.5 Å². The fraction of sp³-hybridized carbons (Fsp3) is 0.207. The first-order valence-electron chi connectivity index (χ1n) is 12.6. The van der Waals surface area contributed by atoms with Crippen LogP contribution in [0, 0.1) is 6.92 Å². The first kappa shape index (κ1) is 24.7. The molecule has 5 heterocycles. The summed E-state index contributed by atoms with van der Waals surface area (Å²) in [5.41, 5.74) is 6.05. The molecule has 0 unspecified atom stereocenters. The lowest BCUT2D eigenvalue weighted by atomic mass is 10.0. The third-order valence-corrected chi connectivity index (χ3v) is 8.12. The van der Waals surface area contributed by atoms with Crippen molar-refractivity contribution in [2.24, 2.45) is 0 Å². The molecule has 10 heteroatoms. The average Bonchev–Trinajstić information content (AvgIpc) is 3.47. The van der Waals surface area contributed by atoms with Crippen LogP contribution in [0.2, 0.25) is 0 Å². The SMILES string of the molecule is Cc1nc(-c2ccccc2)sc1Cn1c2c(c3cccnc31)CCN(C(=O)Cc1ccc(OC(=O)O)nc1)C2. The second kappa shape index (κ2) is 10.3. The number of aromatic nitrogens is 4. The van der Waals surface area contributed by atoms with Gasteiger partial charge in [-0.05, 0) is 36.6 Å². The molecule has 0 radical (unpaired) electrons. The van der Waals surface area contributed by atoms with Crippen molar-refractivity contribution in [1.82, 2.24) is 24.4 Å². The Bertz CT molecular complexity index is 1680. The van der Waals surface area contributed by atoms with E-state index in [1.54, 1.807) is 17.4 Å². The lowest BCUT2D eigenvalue weighted by molar-refractivity contribution is -0.131. The van der Waals surface area contributed by atoms with Gasteiger partial charge in [0.1, 0.15) is 10.7 Å². The molecule has 39 heavy (non-hydrogen) atoms. The average molecular weight is 540 g/mol. The van der Waals surface area contributed by atoms with Gasteiger partial charge in [-0.25, -0.2) is 19.7 Å². The number of hydrogen-bond donors (Lipinski definition) is 1. The van der Waals surface area contributed by atoms with E-state index in [1.807, 2.05) is 42.3 Å². The van der Waals surface area contributed by atoms with E-state index in [9.17, 15) is 9.59 Å². The fourth-order valence-corrected chi connectivity index (χ4v) is 6.07. The van der Waals surface area contributed by atoms with Gasteiger partial charge in [0.05, 0.1) is 25.2 Å². The molecule has 0 fully saturated rings. The zero-order valence-electron chi connectivity index (χ0n) is 21.2. The smallest absolute Gasteiger partial charge is 0.449 e. The van der Waals surface area contributed by atoms with Gasteiger partial charge in [-0.1, -0.05) is 36.4 Å². The van der Waals surface area contributed by atoms with E-state index in [4.69, 9.17) is 15.1 Å². The molecule has 1 aliphatic rings. The number of thiazole rings is 1. The van der Waals surface area contributed by atoms with E-state index < -0.39 is 6.16 Å². The van der Waals surface area contributed by atoms with Crippen molar-refractivity contribution in [3.63, 3.8) is 0 Å². The highest BCUT2D eigenvalue weighted by molar-refractivity contribution is 7.15. The first-order chi connectivity index (χ1) is 19.0. The lowest BCUT2D eigenvalue weighted by Gasteiger charge is -2.28. The summed E-state index contributed by atoms with van der Waals surface area (Å²) in [5.74, 6) is -0.0356. The maximum absolute atomic E-state index is 13.3. The van der Waals surface area contributed by atoms with Gasteiger partial charge in [-0.15, -0.1) is 11.3 Å². The van der Waals surface area contributed by atoms with Crippen LogP contribution in [-0.4, -0.2) is 48.1 Å². The molecule has 5 aromatic rings. The summed E-state index contributed by atoms with van der Waals surface area (Å²) in [6.45, 7) is 3.78. The number of amides is 1. The van der Waals surface area contributed by atoms with Gasteiger partial charge in [0.25, 0.3) is 0 Å². The molecule has 9 nitrogen and oxygen atoms in total. The molecule has 0 bridgehead atoms. The fourth-order valence-electron chi connectivity index (χ4n) is 5.02. The molecule has 0 saturated heterocycles. The predicted molar refractivity (Wildman–Crippen MR) is 147 cm³/mol. The van der Waals surface area contributed by atoms with Gasteiger partial charge in [-0.2, -0.15) is 0 Å². The number of hydrogen-bond acceptors (Lipinski definition) is 7. The summed E-state index contributed by atoms with van der Waals surface area (Å²) < 4.78 is 6.79. The summed E-state index contributed by atoms with van der Waals surface area (Å²) in [6, 6.07) is 17.4. The normalized spacial score (nSPS) is 12.9. The highest BCUT2D eigenvalue weighted by Crippen LogP contribution is 2.34. The number of carbonyl (C=O) groups is 2. The van der Waals surface area contributed by atoms with Crippen LogP contribution >= 0.6 is 11.3 Å². The van der Waals surface area contributed by atoms with Crippen molar-refractivity contribution < 1.29 is 19.4 Å². The van der Waals surface area contributed by atoms with Gasteiger partial charge >= 0.3 is 6.16 Å². The molecule has 196 valence electrons. The van der Waals surface area contributed by atoms with Crippen LogP contribution in [-0.2, 0) is 30.7 Å². The molecule has 1 aliphatic heterocycles. The Morgan fingerprint density at radius 2 is 1.92 bits per heavy atom. The second-order valence-corrected chi connectivity index (χ2v) is 10.5. The number of fused-ring (bicyclic) bond motifs is 3. The third-order valence-electron chi connectivity index (χ3n) is 6.93. The minimum Gasteiger partial charge on any atom is -0.449 e. The summed E-state index contributed by atoms with van der Waals surface area (Å²) in [4.78, 5) is 40.6. The number of pyridine rings is 2. The molecule has 0 atom stereocenters. The molecular formula is C29H25N5O4S. The van der Waals surface area contributed by atoms with Crippen LogP contribution in [0.3, 0.4) is 0 Å². The van der Waals surface area contributed by atoms with Crippen LogP contribution in [0.15, 0.2) is 67.0 Å². The minimum absolute atomic E-state index is 0.0144. The van der Waals surface area contributed by atoms with Gasteiger partial charge < -0.3 is 19.3 Å². The Morgan fingerprint density at radius 1 is 1.08 bits per heavy atom.